The van der Waals surface area contributed by atoms with E-state index in [4.69, 9.17) is 0 Å². The second-order valence-electron chi connectivity index (χ2n) is 4.67. The van der Waals surface area contributed by atoms with Crippen LogP contribution >= 0.6 is 0 Å². The Hall–Kier alpha value is -2.23. The maximum Gasteiger partial charge on any atom is 0.264 e. The minimum absolute atomic E-state index is 0.0124. The van der Waals surface area contributed by atoms with E-state index in [0.29, 0.717) is 12.1 Å². The van der Waals surface area contributed by atoms with E-state index in [2.05, 4.69) is 19.5 Å². The van der Waals surface area contributed by atoms with Crippen LogP contribution in [0.3, 0.4) is 0 Å². The fourth-order valence-corrected chi connectivity index (χ4v) is 2.61. The van der Waals surface area contributed by atoms with E-state index < -0.39 is 32.3 Å². The van der Waals surface area contributed by atoms with Gasteiger partial charge in [0.15, 0.2) is 17.4 Å². The van der Waals surface area contributed by atoms with Gasteiger partial charge in [0.1, 0.15) is 6.33 Å². The number of ether oxygens (including phenoxy) is 1. The number of hydrogen-bond acceptors (Lipinski definition) is 5. The molecule has 22 heavy (non-hydrogen) atoms. The molecule has 0 saturated carbocycles. The monoisotopic (exact) mass is 332 g/mol. The molecule has 2 rings (SSSR count). The summed E-state index contributed by atoms with van der Waals surface area (Å²) in [7, 11) is -3.14. The maximum absolute atomic E-state index is 13.6. The Kier molecular flexibility index (Phi) is 4.31. The number of benzene rings is 1. The fraction of sp³-hybridized carbons (Fsp3) is 0.333. The molecule has 0 atom stereocenters. The lowest BCUT2D eigenvalue weighted by molar-refractivity contribution is 0.358. The molecule has 0 unspecified atom stereocenters. The van der Waals surface area contributed by atoms with E-state index in [1.807, 2.05) is 13.8 Å². The Morgan fingerprint density at radius 3 is 2.32 bits per heavy atom. The van der Waals surface area contributed by atoms with Crippen LogP contribution in [0.25, 0.3) is 0 Å². The van der Waals surface area contributed by atoms with E-state index in [0.717, 1.165) is 7.11 Å². The predicted octanol–water partition coefficient (Wildman–Crippen LogP) is 1.95. The minimum atomic E-state index is -4.22. The normalized spacial score (nSPS) is 11.7. The van der Waals surface area contributed by atoms with Gasteiger partial charge >= 0.3 is 0 Å². The number of anilines is 1. The summed E-state index contributed by atoms with van der Waals surface area (Å²) in [6, 6.07) is 1.30. The zero-order valence-electron chi connectivity index (χ0n) is 12.0. The first-order valence-electron chi connectivity index (χ1n) is 6.21. The summed E-state index contributed by atoms with van der Waals surface area (Å²) in [5.74, 6) is -3.08. The average Bonchev–Trinajstić information content (AvgIpc) is 2.86. The number of halogens is 2. The summed E-state index contributed by atoms with van der Waals surface area (Å²) >= 11 is 0. The van der Waals surface area contributed by atoms with Crippen LogP contribution in [0.1, 0.15) is 19.9 Å². The highest BCUT2D eigenvalue weighted by molar-refractivity contribution is 7.92. The van der Waals surface area contributed by atoms with Gasteiger partial charge in [0.05, 0.1) is 12.0 Å². The van der Waals surface area contributed by atoms with Gasteiger partial charge < -0.3 is 4.74 Å². The summed E-state index contributed by atoms with van der Waals surface area (Å²) < 4.78 is 59.4. The third-order valence-corrected chi connectivity index (χ3v) is 4.06. The molecule has 1 N–H and O–H groups in total. The van der Waals surface area contributed by atoms with Crippen LogP contribution in [-0.4, -0.2) is 30.3 Å². The van der Waals surface area contributed by atoms with Gasteiger partial charge in [-0.2, -0.15) is 4.98 Å². The quantitative estimate of drug-likeness (QED) is 0.904. The molecule has 0 aliphatic heterocycles. The summed E-state index contributed by atoms with van der Waals surface area (Å²) in [6.07, 6.45) is 1.34. The Balaban J connectivity index is 2.34. The summed E-state index contributed by atoms with van der Waals surface area (Å²) in [5.41, 5.74) is 0. The van der Waals surface area contributed by atoms with Gasteiger partial charge in [0.2, 0.25) is 0 Å². The van der Waals surface area contributed by atoms with E-state index in [9.17, 15) is 17.2 Å². The standard InChI is InChI=1S/C12H14F2N4O3S/c1-7(2)18-6-15-12(16-18)17-22(19,20)8-4-9(13)11(21-3)10(14)5-8/h4-7H,1-3H3,(H,16,17). The van der Waals surface area contributed by atoms with Gasteiger partial charge in [-0.25, -0.2) is 26.6 Å². The lowest BCUT2D eigenvalue weighted by Gasteiger charge is -2.08. The molecular formula is C12H14F2N4O3S. The molecule has 0 saturated heterocycles. The SMILES string of the molecule is COc1c(F)cc(S(=O)(=O)Nc2ncn(C(C)C)n2)cc1F. The second kappa shape index (κ2) is 5.87. The highest BCUT2D eigenvalue weighted by atomic mass is 32.2. The van der Waals surface area contributed by atoms with Crippen LogP contribution in [-0.2, 0) is 10.0 Å². The van der Waals surface area contributed by atoms with E-state index in [1.165, 1.54) is 11.0 Å². The predicted molar refractivity (Wildman–Crippen MR) is 74.1 cm³/mol. The molecule has 1 heterocycles. The van der Waals surface area contributed by atoms with E-state index >= 15 is 0 Å². The van der Waals surface area contributed by atoms with Gasteiger partial charge in [-0.3, -0.25) is 0 Å². The van der Waals surface area contributed by atoms with Gasteiger partial charge in [-0.1, -0.05) is 0 Å². The Morgan fingerprint density at radius 2 is 1.86 bits per heavy atom. The number of hydrogen-bond donors (Lipinski definition) is 1. The van der Waals surface area contributed by atoms with Crippen LogP contribution in [0.5, 0.6) is 5.75 Å². The first-order valence-corrected chi connectivity index (χ1v) is 7.70. The third kappa shape index (κ3) is 3.16. The van der Waals surface area contributed by atoms with E-state index in [-0.39, 0.29) is 12.0 Å². The number of sulfonamides is 1. The summed E-state index contributed by atoms with van der Waals surface area (Å²) in [6.45, 7) is 3.67. The van der Waals surface area contributed by atoms with Crippen molar-refractivity contribution >= 4 is 16.0 Å². The van der Waals surface area contributed by atoms with Crippen molar-refractivity contribution < 1.29 is 21.9 Å². The first-order chi connectivity index (χ1) is 10.2. The van der Waals surface area contributed by atoms with Crippen molar-refractivity contribution in [1.29, 1.82) is 0 Å². The molecule has 0 aliphatic carbocycles. The molecule has 0 bridgehead atoms. The molecular weight excluding hydrogens is 318 g/mol. The largest absolute Gasteiger partial charge is 0.491 e. The smallest absolute Gasteiger partial charge is 0.264 e. The molecule has 7 nitrogen and oxygen atoms in total. The molecule has 10 heteroatoms. The van der Waals surface area contributed by atoms with Crippen molar-refractivity contribution in [1.82, 2.24) is 14.8 Å². The van der Waals surface area contributed by atoms with Crippen molar-refractivity contribution in [2.75, 3.05) is 11.8 Å². The van der Waals surface area contributed by atoms with Gasteiger partial charge in [-0.15, -0.1) is 5.10 Å². The van der Waals surface area contributed by atoms with Crippen molar-refractivity contribution in [2.24, 2.45) is 0 Å². The van der Waals surface area contributed by atoms with Crippen LogP contribution < -0.4 is 9.46 Å². The van der Waals surface area contributed by atoms with Crippen LogP contribution in [0, 0.1) is 11.6 Å². The molecule has 1 aromatic carbocycles. The Labute approximate surface area is 126 Å². The zero-order chi connectivity index (χ0) is 16.5. The second-order valence-corrected chi connectivity index (χ2v) is 6.35. The highest BCUT2D eigenvalue weighted by Crippen LogP contribution is 2.25. The van der Waals surface area contributed by atoms with Crippen LogP contribution in [0.2, 0.25) is 0 Å². The van der Waals surface area contributed by atoms with Crippen LogP contribution in [0.15, 0.2) is 23.4 Å². The zero-order valence-corrected chi connectivity index (χ0v) is 12.9. The average molecular weight is 332 g/mol. The first kappa shape index (κ1) is 16.1. The van der Waals surface area contributed by atoms with Crippen LogP contribution in [0.4, 0.5) is 14.7 Å². The number of rotatable bonds is 5. The van der Waals surface area contributed by atoms with Crippen molar-refractivity contribution in [3.8, 4) is 5.75 Å². The molecule has 0 amide bonds. The molecule has 0 spiro atoms. The molecule has 0 aliphatic rings. The maximum atomic E-state index is 13.6. The summed E-state index contributed by atoms with van der Waals surface area (Å²) in [4.78, 5) is 3.18. The highest BCUT2D eigenvalue weighted by Gasteiger charge is 2.22. The molecule has 2 aromatic rings. The Morgan fingerprint density at radius 1 is 1.27 bits per heavy atom. The van der Waals surface area contributed by atoms with Gasteiger partial charge in [0, 0.05) is 6.04 Å². The van der Waals surface area contributed by atoms with E-state index in [1.54, 1.807) is 0 Å². The number of methoxy groups -OCH3 is 1. The number of nitrogens with zero attached hydrogens (tertiary/aromatic N) is 3. The lowest BCUT2D eigenvalue weighted by atomic mass is 10.3. The fourth-order valence-electron chi connectivity index (χ4n) is 1.64. The van der Waals surface area contributed by atoms with Gasteiger partial charge in [-0.05, 0) is 26.0 Å². The minimum Gasteiger partial charge on any atom is -0.491 e. The lowest BCUT2D eigenvalue weighted by Crippen LogP contribution is -2.15. The van der Waals surface area contributed by atoms with Gasteiger partial charge in [0.25, 0.3) is 16.0 Å². The van der Waals surface area contributed by atoms with Crippen molar-refractivity contribution in [3.05, 3.63) is 30.1 Å². The third-order valence-electron chi connectivity index (χ3n) is 2.75. The molecule has 1 aromatic heterocycles. The molecule has 0 radical (unpaired) electrons. The number of aromatic nitrogens is 3. The molecule has 0 fully saturated rings. The number of nitrogens with one attached hydrogen (secondary N) is 1. The Bertz CT molecular complexity index is 766. The summed E-state index contributed by atoms with van der Waals surface area (Å²) in [5, 5.41) is 3.90. The molecule has 120 valence electrons. The van der Waals surface area contributed by atoms with Crippen molar-refractivity contribution in [3.63, 3.8) is 0 Å². The topological polar surface area (TPSA) is 86.1 Å². The van der Waals surface area contributed by atoms with Crippen molar-refractivity contribution in [2.45, 2.75) is 24.8 Å².